The van der Waals surface area contributed by atoms with E-state index < -0.39 is 11.9 Å². The topological polar surface area (TPSA) is 92.4 Å². The molecular weight excluding hydrogens is 188 g/mol. The summed E-state index contributed by atoms with van der Waals surface area (Å²) >= 11 is 0. The van der Waals surface area contributed by atoms with Crippen LogP contribution < -0.4 is 0 Å². The van der Waals surface area contributed by atoms with E-state index in [9.17, 15) is 9.59 Å². The first-order chi connectivity index (χ1) is 6.59. The van der Waals surface area contributed by atoms with Crippen molar-refractivity contribution >= 4 is 17.6 Å². The van der Waals surface area contributed by atoms with Gasteiger partial charge in [-0.3, -0.25) is 4.79 Å². The third-order valence-corrected chi connectivity index (χ3v) is 1.42. The average molecular weight is 196 g/mol. The maximum absolute atomic E-state index is 10.4. The molecule has 0 saturated heterocycles. The van der Waals surface area contributed by atoms with Gasteiger partial charge in [0.2, 0.25) is 0 Å². The maximum Gasteiger partial charge on any atom is 0.330 e. The number of carboxylic acid groups (broad SMARTS) is 2. The number of aliphatic carboxylic acids is 2. The Morgan fingerprint density at radius 3 is 2.57 bits per heavy atom. The van der Waals surface area contributed by atoms with Crippen LogP contribution >= 0.6 is 0 Å². The van der Waals surface area contributed by atoms with Crippen molar-refractivity contribution in [2.24, 2.45) is 0 Å². The molecule has 2 N–H and O–H groups in total. The Kier molecular flexibility index (Phi) is 3.01. The molecule has 1 heterocycles. The van der Waals surface area contributed by atoms with Crippen molar-refractivity contribution < 1.29 is 19.8 Å². The summed E-state index contributed by atoms with van der Waals surface area (Å²) in [5.74, 6) is -2.30. The fourth-order valence-electron chi connectivity index (χ4n) is 0.934. The Balaban J connectivity index is 2.94. The number of nitrogens with zero attached hydrogens (tertiary/aromatic N) is 2. The Labute approximate surface area is 79.1 Å². The van der Waals surface area contributed by atoms with Crippen molar-refractivity contribution in [1.29, 1.82) is 0 Å². The zero-order valence-corrected chi connectivity index (χ0v) is 7.12. The van der Waals surface area contributed by atoms with E-state index in [1.807, 2.05) is 0 Å². The maximum atomic E-state index is 10.4. The fourth-order valence-corrected chi connectivity index (χ4v) is 0.934. The van der Waals surface area contributed by atoms with E-state index in [0.717, 1.165) is 6.08 Å². The van der Waals surface area contributed by atoms with Gasteiger partial charge in [0, 0.05) is 18.5 Å². The van der Waals surface area contributed by atoms with E-state index in [1.54, 1.807) is 6.07 Å². The molecule has 14 heavy (non-hydrogen) atoms. The molecular formula is C8H8N2O4. The second kappa shape index (κ2) is 4.22. The minimum atomic E-state index is -1.20. The molecule has 1 rings (SSSR count). The summed E-state index contributed by atoms with van der Waals surface area (Å²) in [7, 11) is 0. The molecule has 0 bridgehead atoms. The monoisotopic (exact) mass is 196 g/mol. The van der Waals surface area contributed by atoms with Gasteiger partial charge in [-0.2, -0.15) is 5.10 Å². The molecule has 0 unspecified atom stereocenters. The van der Waals surface area contributed by atoms with Crippen LogP contribution in [0.4, 0.5) is 0 Å². The van der Waals surface area contributed by atoms with Gasteiger partial charge in [-0.25, -0.2) is 9.48 Å². The second-order valence-corrected chi connectivity index (χ2v) is 2.50. The Bertz CT molecular complexity index is 367. The van der Waals surface area contributed by atoms with Crippen LogP contribution in [0.3, 0.4) is 0 Å². The molecule has 0 fully saturated rings. The second-order valence-electron chi connectivity index (χ2n) is 2.50. The molecule has 1 aromatic heterocycles. The van der Waals surface area contributed by atoms with Crippen molar-refractivity contribution in [3.05, 3.63) is 24.5 Å². The van der Waals surface area contributed by atoms with Gasteiger partial charge in [-0.1, -0.05) is 0 Å². The number of aromatic nitrogens is 2. The Hall–Kier alpha value is -2.11. The summed E-state index contributed by atoms with van der Waals surface area (Å²) in [4.78, 5) is 20.8. The number of hydrogen-bond acceptors (Lipinski definition) is 3. The van der Waals surface area contributed by atoms with Crippen LogP contribution in [0.2, 0.25) is 0 Å². The number of rotatable bonds is 4. The highest BCUT2D eigenvalue weighted by atomic mass is 16.4. The van der Waals surface area contributed by atoms with Crippen LogP contribution in [0.25, 0.3) is 5.70 Å². The highest BCUT2D eigenvalue weighted by Crippen LogP contribution is 2.07. The van der Waals surface area contributed by atoms with E-state index in [1.165, 1.54) is 17.1 Å². The molecule has 0 amide bonds. The summed E-state index contributed by atoms with van der Waals surface area (Å²) in [6.45, 7) is 0. The van der Waals surface area contributed by atoms with E-state index in [2.05, 4.69) is 5.10 Å². The summed E-state index contributed by atoms with van der Waals surface area (Å²) in [5, 5.41) is 20.8. The largest absolute Gasteiger partial charge is 0.481 e. The normalized spacial score (nSPS) is 11.3. The van der Waals surface area contributed by atoms with Crippen LogP contribution in [0.5, 0.6) is 0 Å². The summed E-state index contributed by atoms with van der Waals surface area (Å²) in [6.07, 6.45) is 3.37. The van der Waals surface area contributed by atoms with Gasteiger partial charge in [0.25, 0.3) is 0 Å². The first-order valence-electron chi connectivity index (χ1n) is 3.75. The van der Waals surface area contributed by atoms with Crippen molar-refractivity contribution in [2.75, 3.05) is 0 Å². The third kappa shape index (κ3) is 2.74. The van der Waals surface area contributed by atoms with Crippen LogP contribution in [0.15, 0.2) is 24.5 Å². The Morgan fingerprint density at radius 2 is 2.14 bits per heavy atom. The molecule has 0 aliphatic carbocycles. The van der Waals surface area contributed by atoms with Gasteiger partial charge in [0.05, 0.1) is 12.1 Å². The lowest BCUT2D eigenvalue weighted by Crippen LogP contribution is -2.06. The van der Waals surface area contributed by atoms with Crippen LogP contribution in [-0.2, 0) is 9.59 Å². The van der Waals surface area contributed by atoms with E-state index >= 15 is 0 Å². The highest BCUT2D eigenvalue weighted by Gasteiger charge is 2.08. The fraction of sp³-hybridized carbons (Fsp3) is 0.125. The van der Waals surface area contributed by atoms with E-state index in [4.69, 9.17) is 10.2 Å². The lowest BCUT2D eigenvalue weighted by molar-refractivity contribution is -0.135. The van der Waals surface area contributed by atoms with Crippen molar-refractivity contribution in [1.82, 2.24) is 9.78 Å². The van der Waals surface area contributed by atoms with Crippen molar-refractivity contribution in [3.63, 3.8) is 0 Å². The van der Waals surface area contributed by atoms with Crippen LogP contribution in [0, 0.1) is 0 Å². The predicted octanol–water partition coefficient (Wildman–Crippen LogP) is 0.283. The standard InChI is InChI=1S/C8H8N2O4/c11-7(12)4-6(5-8(13)14)10-3-1-2-9-10/h1-4H,5H2,(H,11,12)(H,13,14)/b6-4-. The van der Waals surface area contributed by atoms with Gasteiger partial charge in [-0.15, -0.1) is 0 Å². The molecule has 0 aliphatic heterocycles. The molecule has 1 aromatic rings. The SMILES string of the molecule is O=C(O)/C=C(/CC(=O)O)n1cccn1. The van der Waals surface area contributed by atoms with Gasteiger partial charge in [0.1, 0.15) is 0 Å². The zero-order valence-electron chi connectivity index (χ0n) is 7.12. The quantitative estimate of drug-likeness (QED) is 0.675. The summed E-state index contributed by atoms with van der Waals surface area (Å²) in [5.41, 5.74) is 0.106. The Morgan fingerprint density at radius 1 is 1.43 bits per heavy atom. The summed E-state index contributed by atoms with van der Waals surface area (Å²) < 4.78 is 1.21. The molecule has 6 nitrogen and oxygen atoms in total. The van der Waals surface area contributed by atoms with E-state index in [-0.39, 0.29) is 12.1 Å². The molecule has 0 aromatic carbocycles. The minimum Gasteiger partial charge on any atom is -0.481 e. The van der Waals surface area contributed by atoms with Gasteiger partial charge in [0.15, 0.2) is 0 Å². The molecule has 0 aliphatic rings. The lowest BCUT2D eigenvalue weighted by Gasteiger charge is -2.02. The molecule has 0 atom stereocenters. The third-order valence-electron chi connectivity index (χ3n) is 1.42. The average Bonchev–Trinajstić information content (AvgIpc) is 2.52. The predicted molar refractivity (Wildman–Crippen MR) is 46.4 cm³/mol. The first kappa shape index (κ1) is 9.97. The van der Waals surface area contributed by atoms with Gasteiger partial charge >= 0.3 is 11.9 Å². The smallest absolute Gasteiger partial charge is 0.330 e. The van der Waals surface area contributed by atoms with Gasteiger partial charge in [-0.05, 0) is 6.07 Å². The molecule has 6 heteroatoms. The minimum absolute atomic E-state index is 0.106. The van der Waals surface area contributed by atoms with E-state index in [0.29, 0.717) is 0 Å². The molecule has 0 saturated carbocycles. The number of carbonyl (C=O) groups is 2. The molecule has 74 valence electrons. The van der Waals surface area contributed by atoms with Crippen LogP contribution in [0.1, 0.15) is 6.42 Å². The molecule has 0 radical (unpaired) electrons. The van der Waals surface area contributed by atoms with Crippen LogP contribution in [-0.4, -0.2) is 31.9 Å². The lowest BCUT2D eigenvalue weighted by atomic mass is 10.3. The zero-order chi connectivity index (χ0) is 10.6. The number of carboxylic acids is 2. The number of hydrogen-bond donors (Lipinski definition) is 2. The van der Waals surface area contributed by atoms with Crippen molar-refractivity contribution in [3.8, 4) is 0 Å². The highest BCUT2D eigenvalue weighted by molar-refractivity contribution is 5.90. The molecule has 0 spiro atoms. The van der Waals surface area contributed by atoms with Crippen molar-refractivity contribution in [2.45, 2.75) is 6.42 Å². The summed E-state index contributed by atoms with van der Waals surface area (Å²) in [6, 6.07) is 1.58. The first-order valence-corrected chi connectivity index (χ1v) is 3.75. The van der Waals surface area contributed by atoms with Gasteiger partial charge < -0.3 is 10.2 Å².